The molecule has 3 aromatic rings. The number of carbonyl (C=O) groups excluding carboxylic acids is 3. The molecule has 3 aromatic carbocycles. The molecular formula is C22H16N2O3. The fraction of sp³-hybridized carbons (Fsp3) is 0.0455. The van der Waals surface area contributed by atoms with Gasteiger partial charge in [-0.2, -0.15) is 0 Å². The summed E-state index contributed by atoms with van der Waals surface area (Å²) in [6.07, 6.45) is 0. The van der Waals surface area contributed by atoms with Crippen molar-refractivity contribution in [2.24, 2.45) is 0 Å². The fourth-order valence-electron chi connectivity index (χ4n) is 3.50. The van der Waals surface area contributed by atoms with Gasteiger partial charge >= 0.3 is 6.03 Å². The summed E-state index contributed by atoms with van der Waals surface area (Å²) in [5.41, 5.74) is -0.141. The van der Waals surface area contributed by atoms with Gasteiger partial charge in [-0.1, -0.05) is 78.9 Å². The average molecular weight is 356 g/mol. The van der Waals surface area contributed by atoms with Gasteiger partial charge in [-0.15, -0.1) is 0 Å². The van der Waals surface area contributed by atoms with Crippen molar-refractivity contribution in [2.75, 3.05) is 0 Å². The minimum Gasteiger partial charge on any atom is -0.275 e. The molecule has 0 spiro atoms. The predicted molar refractivity (Wildman–Crippen MR) is 99.8 cm³/mol. The van der Waals surface area contributed by atoms with Crippen LogP contribution in [0.3, 0.4) is 0 Å². The first-order valence-electron chi connectivity index (χ1n) is 8.52. The van der Waals surface area contributed by atoms with Crippen molar-refractivity contribution in [3.05, 3.63) is 108 Å². The number of hydrogen-bond acceptors (Lipinski definition) is 3. The van der Waals surface area contributed by atoms with Gasteiger partial charge in [-0.05, 0) is 23.3 Å². The van der Waals surface area contributed by atoms with Gasteiger partial charge in [0.1, 0.15) is 0 Å². The van der Waals surface area contributed by atoms with E-state index in [1.54, 1.807) is 78.9 Å². The lowest BCUT2D eigenvalue weighted by molar-refractivity contribution is -0.124. The quantitative estimate of drug-likeness (QED) is 0.732. The minimum absolute atomic E-state index is 0.332. The van der Waals surface area contributed by atoms with Crippen LogP contribution < -0.4 is 5.32 Å². The van der Waals surface area contributed by atoms with E-state index >= 15 is 0 Å². The molecule has 4 amide bonds. The highest BCUT2D eigenvalue weighted by atomic mass is 16.2. The molecule has 1 aliphatic heterocycles. The molecule has 0 radical (unpaired) electrons. The Balaban J connectivity index is 1.99. The summed E-state index contributed by atoms with van der Waals surface area (Å²) in [4.78, 5) is 40.2. The topological polar surface area (TPSA) is 66.5 Å². The Hall–Kier alpha value is -3.73. The Labute approximate surface area is 156 Å². The summed E-state index contributed by atoms with van der Waals surface area (Å²) in [6, 6.07) is 25.5. The molecule has 1 saturated heterocycles. The van der Waals surface area contributed by atoms with Crippen LogP contribution in [0, 0.1) is 0 Å². The third-order valence-electron chi connectivity index (χ3n) is 4.69. The van der Waals surface area contributed by atoms with Crippen LogP contribution in [0.4, 0.5) is 4.79 Å². The number of urea groups is 1. The number of nitrogens with one attached hydrogen (secondary N) is 1. The van der Waals surface area contributed by atoms with E-state index < -0.39 is 23.4 Å². The van der Waals surface area contributed by atoms with Crippen LogP contribution in [-0.2, 0) is 10.3 Å². The van der Waals surface area contributed by atoms with Crippen LogP contribution in [-0.4, -0.2) is 22.7 Å². The van der Waals surface area contributed by atoms with Gasteiger partial charge in [-0.3, -0.25) is 14.9 Å². The standard InChI is InChI=1S/C22H16N2O3/c25-19(16-10-4-1-5-11-16)24-21(27)23-20(26)22(24,17-12-6-2-7-13-17)18-14-8-3-9-15-18/h1-15H,(H,23,26,27). The van der Waals surface area contributed by atoms with E-state index in [1.165, 1.54) is 0 Å². The summed E-state index contributed by atoms with van der Waals surface area (Å²) >= 11 is 0. The van der Waals surface area contributed by atoms with Gasteiger partial charge in [0.05, 0.1) is 0 Å². The SMILES string of the molecule is O=C1NC(=O)C(c2ccccc2)(c2ccccc2)N1C(=O)c1ccccc1. The molecule has 0 unspecified atom stereocenters. The lowest BCUT2D eigenvalue weighted by Crippen LogP contribution is -2.50. The van der Waals surface area contributed by atoms with E-state index in [9.17, 15) is 14.4 Å². The Kier molecular flexibility index (Phi) is 4.05. The van der Waals surface area contributed by atoms with Gasteiger partial charge < -0.3 is 0 Å². The molecule has 0 saturated carbocycles. The van der Waals surface area contributed by atoms with Crippen molar-refractivity contribution >= 4 is 17.8 Å². The normalized spacial score (nSPS) is 15.5. The maximum absolute atomic E-state index is 13.3. The molecule has 5 nitrogen and oxygen atoms in total. The number of rotatable bonds is 3. The summed E-state index contributed by atoms with van der Waals surface area (Å²) in [5, 5.41) is 2.33. The van der Waals surface area contributed by atoms with Crippen LogP contribution in [0.1, 0.15) is 21.5 Å². The lowest BCUT2D eigenvalue weighted by Gasteiger charge is -2.34. The Morgan fingerprint density at radius 1 is 0.704 bits per heavy atom. The van der Waals surface area contributed by atoms with Crippen LogP contribution >= 0.6 is 0 Å². The van der Waals surface area contributed by atoms with Gasteiger partial charge in [0.2, 0.25) is 0 Å². The second-order valence-corrected chi connectivity index (χ2v) is 6.21. The van der Waals surface area contributed by atoms with E-state index in [0.29, 0.717) is 16.7 Å². The van der Waals surface area contributed by atoms with Gasteiger partial charge in [0, 0.05) is 5.56 Å². The monoisotopic (exact) mass is 356 g/mol. The van der Waals surface area contributed by atoms with Gasteiger partial charge in [0.25, 0.3) is 11.8 Å². The summed E-state index contributed by atoms with van der Waals surface area (Å²) < 4.78 is 0. The number of carbonyl (C=O) groups is 3. The van der Waals surface area contributed by atoms with Crippen LogP contribution in [0.2, 0.25) is 0 Å². The number of imide groups is 2. The Morgan fingerprint density at radius 3 is 1.63 bits per heavy atom. The molecule has 132 valence electrons. The molecule has 1 fully saturated rings. The Bertz CT molecular complexity index is 962. The van der Waals surface area contributed by atoms with E-state index in [4.69, 9.17) is 0 Å². The molecular weight excluding hydrogens is 340 g/mol. The molecule has 0 atom stereocenters. The maximum atomic E-state index is 13.3. The summed E-state index contributed by atoms with van der Waals surface area (Å²) in [6.45, 7) is 0. The lowest BCUT2D eigenvalue weighted by atomic mass is 9.81. The zero-order chi connectivity index (χ0) is 18.9. The molecule has 5 heteroatoms. The van der Waals surface area contributed by atoms with E-state index in [-0.39, 0.29) is 0 Å². The fourth-order valence-corrected chi connectivity index (χ4v) is 3.50. The highest BCUT2D eigenvalue weighted by Gasteiger charge is 2.58. The van der Waals surface area contributed by atoms with Crippen molar-refractivity contribution in [1.29, 1.82) is 0 Å². The first-order chi connectivity index (χ1) is 13.2. The van der Waals surface area contributed by atoms with Crippen LogP contribution in [0.25, 0.3) is 0 Å². The third-order valence-corrected chi connectivity index (χ3v) is 4.69. The van der Waals surface area contributed by atoms with E-state index in [0.717, 1.165) is 4.90 Å². The molecule has 1 aliphatic rings. The van der Waals surface area contributed by atoms with Gasteiger partial charge in [0.15, 0.2) is 5.54 Å². The van der Waals surface area contributed by atoms with Crippen molar-refractivity contribution < 1.29 is 14.4 Å². The molecule has 0 aromatic heterocycles. The van der Waals surface area contributed by atoms with E-state index in [2.05, 4.69) is 5.32 Å². The smallest absolute Gasteiger partial charge is 0.275 e. The average Bonchev–Trinajstić information content (AvgIpc) is 3.00. The minimum atomic E-state index is -1.56. The number of benzene rings is 3. The molecule has 0 bridgehead atoms. The van der Waals surface area contributed by atoms with Gasteiger partial charge in [-0.25, -0.2) is 9.69 Å². The first kappa shape index (κ1) is 16.7. The number of amides is 4. The zero-order valence-electron chi connectivity index (χ0n) is 14.3. The first-order valence-corrected chi connectivity index (χ1v) is 8.52. The number of hydrogen-bond donors (Lipinski definition) is 1. The van der Waals surface area contributed by atoms with Crippen LogP contribution in [0.15, 0.2) is 91.0 Å². The summed E-state index contributed by atoms with van der Waals surface area (Å²) in [7, 11) is 0. The van der Waals surface area contributed by atoms with Crippen molar-refractivity contribution in [3.63, 3.8) is 0 Å². The van der Waals surface area contributed by atoms with E-state index in [1.807, 2.05) is 12.1 Å². The molecule has 4 rings (SSSR count). The second kappa shape index (κ2) is 6.53. The van der Waals surface area contributed by atoms with Crippen molar-refractivity contribution in [2.45, 2.75) is 5.54 Å². The van der Waals surface area contributed by atoms with Crippen molar-refractivity contribution in [1.82, 2.24) is 10.2 Å². The molecule has 1 heterocycles. The maximum Gasteiger partial charge on any atom is 0.332 e. The number of nitrogens with zero attached hydrogens (tertiary/aromatic N) is 1. The molecule has 27 heavy (non-hydrogen) atoms. The zero-order valence-corrected chi connectivity index (χ0v) is 14.3. The summed E-state index contributed by atoms with van der Waals surface area (Å²) in [5.74, 6) is -1.08. The second-order valence-electron chi connectivity index (χ2n) is 6.21. The molecule has 1 N–H and O–H groups in total. The predicted octanol–water partition coefficient (Wildman–Crippen LogP) is 3.32. The molecule has 0 aliphatic carbocycles. The highest BCUT2D eigenvalue weighted by molar-refractivity contribution is 6.19. The van der Waals surface area contributed by atoms with Crippen LogP contribution in [0.5, 0.6) is 0 Å². The highest BCUT2D eigenvalue weighted by Crippen LogP contribution is 2.40. The third kappa shape index (κ3) is 2.52. The van der Waals surface area contributed by atoms with Crippen molar-refractivity contribution in [3.8, 4) is 0 Å². The Morgan fingerprint density at radius 2 is 1.15 bits per heavy atom. The largest absolute Gasteiger partial charge is 0.332 e.